The predicted molar refractivity (Wildman–Crippen MR) is 149 cm³/mol. The van der Waals surface area contributed by atoms with Crippen LogP contribution >= 0.6 is 31.9 Å². The lowest BCUT2D eigenvalue weighted by Gasteiger charge is -2.01. The molecule has 4 aromatic carbocycles. The largest absolute Gasteiger partial charge is 0.285 e. The number of rotatable bonds is 6. The van der Waals surface area contributed by atoms with E-state index in [4.69, 9.17) is 11.8 Å². The fourth-order valence-electron chi connectivity index (χ4n) is 3.11. The predicted octanol–water partition coefficient (Wildman–Crippen LogP) is 7.45. The van der Waals surface area contributed by atoms with E-state index >= 15 is 0 Å². The van der Waals surface area contributed by atoms with Gasteiger partial charge < -0.3 is 0 Å². The first-order valence-corrected chi connectivity index (χ1v) is 12.5. The monoisotopic (exact) mass is 626 g/mol. The second-order valence-electron chi connectivity index (χ2n) is 7.68. The fourth-order valence-corrected chi connectivity index (χ4v) is 3.64. The van der Waals surface area contributed by atoms with Crippen LogP contribution in [-0.2, 0) is 0 Å². The van der Waals surface area contributed by atoms with Crippen molar-refractivity contribution in [1.29, 1.82) is 5.26 Å². The molecule has 184 valence electrons. The van der Waals surface area contributed by atoms with Crippen molar-refractivity contribution in [3.8, 4) is 6.07 Å². The molecule has 4 aromatic rings. The molecule has 0 aliphatic carbocycles. The number of Topliss-reactive ketones (excluding diaryl/α,β-unsaturated/α-hetero) is 4. The van der Waals surface area contributed by atoms with Gasteiger partial charge in [0.05, 0.1) is 18.2 Å². The van der Waals surface area contributed by atoms with Crippen LogP contribution in [-0.4, -0.2) is 23.1 Å². The highest BCUT2D eigenvalue weighted by Gasteiger charge is 2.19. The Morgan fingerprint density at radius 2 is 0.842 bits per heavy atom. The summed E-state index contributed by atoms with van der Waals surface area (Å²) >= 11 is 6.57. The normalized spacial score (nSPS) is 9.68. The molecule has 0 aromatic heterocycles. The zero-order chi connectivity index (χ0) is 27.7. The molecule has 0 spiro atoms. The Morgan fingerprint density at radius 1 is 0.553 bits per heavy atom. The quantitative estimate of drug-likeness (QED) is 0.126. The van der Waals surface area contributed by atoms with Crippen LogP contribution in [0.25, 0.3) is 4.85 Å². The van der Waals surface area contributed by atoms with Crippen LogP contribution in [0, 0.1) is 17.9 Å². The summed E-state index contributed by atoms with van der Waals surface area (Å²) < 4.78 is 1.74. The third-order valence-electron chi connectivity index (χ3n) is 5.16. The van der Waals surface area contributed by atoms with Crippen LogP contribution in [0.5, 0.6) is 0 Å². The van der Waals surface area contributed by atoms with E-state index in [1.165, 1.54) is 48.5 Å². The summed E-state index contributed by atoms with van der Waals surface area (Å²) in [6, 6.07) is 27.2. The highest BCUT2D eigenvalue weighted by atomic mass is 79.9. The smallest absolute Gasteiger partial charge is 0.233 e. The molecule has 0 saturated carbocycles. The Morgan fingerprint density at radius 3 is 1.13 bits per heavy atom. The number of carbonyl (C=O) groups excluding carboxylic acids is 4. The minimum Gasteiger partial charge on any atom is -0.285 e. The first-order valence-electron chi connectivity index (χ1n) is 10.9. The van der Waals surface area contributed by atoms with Crippen LogP contribution in [0.2, 0.25) is 0 Å². The molecule has 0 aliphatic rings. The van der Waals surface area contributed by atoms with E-state index in [1.54, 1.807) is 48.5 Å². The van der Waals surface area contributed by atoms with Gasteiger partial charge in [0.1, 0.15) is 0 Å². The van der Waals surface area contributed by atoms with Gasteiger partial charge in [0.25, 0.3) is 0 Å². The maximum atomic E-state index is 12.0. The van der Waals surface area contributed by atoms with Crippen molar-refractivity contribution in [2.75, 3.05) is 0 Å². The maximum absolute atomic E-state index is 12.0. The number of carbonyl (C=O) groups is 4. The number of halogens is 2. The van der Waals surface area contributed by atoms with Gasteiger partial charge in [-0.15, -0.1) is 0 Å². The van der Waals surface area contributed by atoms with Gasteiger partial charge in [-0.25, -0.2) is 4.85 Å². The molecule has 0 fully saturated rings. The lowest BCUT2D eigenvalue weighted by Crippen LogP contribution is -2.14. The second kappa shape index (κ2) is 13.2. The first kappa shape index (κ1) is 28.1. The maximum Gasteiger partial charge on any atom is 0.233 e. The molecule has 38 heavy (non-hydrogen) atoms. The number of nitrogens with zero attached hydrogens (tertiary/aromatic N) is 2. The average Bonchev–Trinajstić information content (AvgIpc) is 2.97. The van der Waals surface area contributed by atoms with Gasteiger partial charge >= 0.3 is 0 Å². The van der Waals surface area contributed by atoms with Gasteiger partial charge in [-0.2, -0.15) is 5.26 Å². The average molecular weight is 628 g/mol. The van der Waals surface area contributed by atoms with Gasteiger partial charge in [-0.1, -0.05) is 56.1 Å². The summed E-state index contributed by atoms with van der Waals surface area (Å²) in [5, 5.41) is 8.68. The number of nitriles is 1. The van der Waals surface area contributed by atoms with Gasteiger partial charge in [-0.3, -0.25) is 19.2 Å². The second-order valence-corrected chi connectivity index (χ2v) is 9.51. The standard InChI is InChI=1S/C16H8N2O2.C14H8Br2O2/c1-18-14-8-6-13(7-9-14)16(20)15(19)12-4-2-11(10-17)3-5-12;15-11-5-1-9(2-6-11)13(17)14(18)10-3-7-12(16)8-4-10/h2-9H;1-8H. The van der Waals surface area contributed by atoms with Crippen molar-refractivity contribution >= 4 is 60.7 Å². The Kier molecular flexibility index (Phi) is 9.72. The number of hydrogen-bond acceptors (Lipinski definition) is 5. The van der Waals surface area contributed by atoms with Gasteiger partial charge in [-0.05, 0) is 72.8 Å². The van der Waals surface area contributed by atoms with Crippen LogP contribution < -0.4 is 0 Å². The lowest BCUT2D eigenvalue weighted by molar-refractivity contribution is 0.0817. The van der Waals surface area contributed by atoms with E-state index in [1.807, 2.05) is 6.07 Å². The fraction of sp³-hybridized carbons (Fsp3) is 0. The molecule has 0 saturated heterocycles. The molecule has 0 radical (unpaired) electrons. The van der Waals surface area contributed by atoms with Crippen LogP contribution in [0.4, 0.5) is 5.69 Å². The molecule has 0 atom stereocenters. The van der Waals surface area contributed by atoms with Crippen LogP contribution in [0.15, 0.2) is 106 Å². The molecule has 0 heterocycles. The summed E-state index contributed by atoms with van der Waals surface area (Å²) in [5.74, 6) is -2.26. The molecular formula is C30H16Br2N2O4. The van der Waals surface area contributed by atoms with E-state index in [-0.39, 0.29) is 11.1 Å². The van der Waals surface area contributed by atoms with Crippen molar-refractivity contribution < 1.29 is 19.2 Å². The van der Waals surface area contributed by atoms with Gasteiger partial charge in [0, 0.05) is 31.2 Å². The minimum absolute atomic E-state index is 0.239. The summed E-state index contributed by atoms with van der Waals surface area (Å²) in [6.45, 7) is 6.83. The minimum atomic E-state index is -0.634. The van der Waals surface area contributed by atoms with Crippen LogP contribution in [0.3, 0.4) is 0 Å². The third-order valence-corrected chi connectivity index (χ3v) is 6.22. The molecule has 0 amide bonds. The number of hydrogen-bond donors (Lipinski definition) is 0. The summed E-state index contributed by atoms with van der Waals surface area (Å²) in [5.41, 5.74) is 2.11. The van der Waals surface area contributed by atoms with E-state index in [2.05, 4.69) is 36.7 Å². The highest BCUT2D eigenvalue weighted by Crippen LogP contribution is 2.16. The lowest BCUT2D eigenvalue weighted by atomic mass is 10.0. The molecule has 4 rings (SSSR count). The number of benzene rings is 4. The van der Waals surface area contributed by atoms with Gasteiger partial charge in [0.2, 0.25) is 23.1 Å². The molecule has 0 aliphatic heterocycles. The Labute approximate surface area is 235 Å². The van der Waals surface area contributed by atoms with Crippen molar-refractivity contribution in [2.45, 2.75) is 0 Å². The summed E-state index contributed by atoms with van der Waals surface area (Å²) in [4.78, 5) is 51.2. The SMILES string of the molecule is O=C(C(=O)c1ccc(Br)cc1)c1ccc(Br)cc1.[C-]#[N+]c1ccc(C(=O)C(=O)c2ccc(C#N)cc2)cc1. The highest BCUT2D eigenvalue weighted by molar-refractivity contribution is 9.10. The zero-order valence-corrected chi connectivity index (χ0v) is 22.7. The number of ketones is 4. The van der Waals surface area contributed by atoms with E-state index < -0.39 is 23.1 Å². The van der Waals surface area contributed by atoms with Crippen molar-refractivity contribution in [1.82, 2.24) is 0 Å². The molecule has 0 unspecified atom stereocenters. The summed E-state index contributed by atoms with van der Waals surface area (Å²) in [6.07, 6.45) is 0. The molecular weight excluding hydrogens is 612 g/mol. The molecule has 0 N–H and O–H groups in total. The van der Waals surface area contributed by atoms with Crippen molar-refractivity contribution in [3.05, 3.63) is 145 Å². The first-order chi connectivity index (χ1) is 18.2. The van der Waals surface area contributed by atoms with E-state index in [9.17, 15) is 19.2 Å². The van der Waals surface area contributed by atoms with Crippen LogP contribution in [0.1, 0.15) is 47.0 Å². The molecule has 8 heteroatoms. The Bertz CT molecular complexity index is 1460. The van der Waals surface area contributed by atoms with E-state index in [0.29, 0.717) is 22.4 Å². The van der Waals surface area contributed by atoms with Crippen molar-refractivity contribution in [2.24, 2.45) is 0 Å². The Hall–Kier alpha value is -4.50. The zero-order valence-electron chi connectivity index (χ0n) is 19.5. The van der Waals surface area contributed by atoms with E-state index in [0.717, 1.165) is 8.95 Å². The molecule has 6 nitrogen and oxygen atoms in total. The third kappa shape index (κ3) is 7.27. The van der Waals surface area contributed by atoms with Gasteiger partial charge in [0.15, 0.2) is 5.69 Å². The molecule has 0 bridgehead atoms. The topological polar surface area (TPSA) is 96.4 Å². The Balaban J connectivity index is 0.000000212. The van der Waals surface area contributed by atoms with Crippen molar-refractivity contribution in [3.63, 3.8) is 0 Å². The summed E-state index contributed by atoms with van der Waals surface area (Å²) in [7, 11) is 0.